The van der Waals surface area contributed by atoms with Gasteiger partial charge in [-0.1, -0.05) is 27.5 Å². The number of anilines is 2. The van der Waals surface area contributed by atoms with Crippen LogP contribution in [0.2, 0.25) is 5.02 Å². The van der Waals surface area contributed by atoms with E-state index in [9.17, 15) is 4.79 Å². The molecule has 0 bridgehead atoms. The summed E-state index contributed by atoms with van der Waals surface area (Å²) in [6.07, 6.45) is 3.03. The first-order chi connectivity index (χ1) is 8.56. The summed E-state index contributed by atoms with van der Waals surface area (Å²) in [7, 11) is 0. The van der Waals surface area contributed by atoms with Crippen molar-refractivity contribution in [3.8, 4) is 0 Å². The van der Waals surface area contributed by atoms with E-state index in [1.165, 1.54) is 6.20 Å². The van der Waals surface area contributed by atoms with E-state index in [1.54, 1.807) is 30.5 Å². The fourth-order valence-electron chi connectivity index (χ4n) is 1.40. The number of pyridine rings is 1. The fraction of sp³-hybridized carbons (Fsp3) is 0. The van der Waals surface area contributed by atoms with Gasteiger partial charge >= 0.3 is 0 Å². The Hall–Kier alpha value is -1.59. The predicted molar refractivity (Wildman–Crippen MR) is 75.8 cm³/mol. The van der Waals surface area contributed by atoms with Gasteiger partial charge in [0.1, 0.15) is 0 Å². The number of amides is 1. The third kappa shape index (κ3) is 3.00. The SMILES string of the molecule is Nc1cnccc1NC(=O)c1cc(Cl)cc(Br)c1. The van der Waals surface area contributed by atoms with Crippen LogP contribution in [-0.4, -0.2) is 10.9 Å². The fourth-order valence-corrected chi connectivity index (χ4v) is 2.26. The summed E-state index contributed by atoms with van der Waals surface area (Å²) < 4.78 is 0.739. The van der Waals surface area contributed by atoms with E-state index in [4.69, 9.17) is 17.3 Å². The number of nitrogens with one attached hydrogen (secondary N) is 1. The second kappa shape index (κ2) is 5.37. The standard InChI is InChI=1S/C12H9BrClN3O/c13-8-3-7(4-9(14)5-8)12(18)17-11-1-2-16-6-10(11)15/h1-6H,15H2,(H,16,17,18). The minimum absolute atomic E-state index is 0.281. The predicted octanol–water partition coefficient (Wildman–Crippen LogP) is 3.33. The lowest BCUT2D eigenvalue weighted by Gasteiger charge is -2.08. The molecule has 2 rings (SSSR count). The third-order valence-electron chi connectivity index (χ3n) is 2.22. The van der Waals surface area contributed by atoms with Crippen molar-refractivity contribution in [1.29, 1.82) is 0 Å². The lowest BCUT2D eigenvalue weighted by Crippen LogP contribution is -2.13. The molecule has 0 spiro atoms. The van der Waals surface area contributed by atoms with Gasteiger partial charge in [-0.25, -0.2) is 0 Å². The molecule has 1 amide bonds. The van der Waals surface area contributed by atoms with Crippen molar-refractivity contribution >= 4 is 44.8 Å². The largest absolute Gasteiger partial charge is 0.396 e. The molecule has 3 N–H and O–H groups in total. The number of aromatic nitrogens is 1. The maximum Gasteiger partial charge on any atom is 0.255 e. The summed E-state index contributed by atoms with van der Waals surface area (Å²) >= 11 is 9.17. The number of nitrogens with two attached hydrogens (primary N) is 1. The molecule has 0 atom stereocenters. The topological polar surface area (TPSA) is 68.0 Å². The average Bonchev–Trinajstić information content (AvgIpc) is 2.31. The number of carbonyl (C=O) groups is 1. The van der Waals surface area contributed by atoms with Crippen LogP contribution < -0.4 is 11.1 Å². The van der Waals surface area contributed by atoms with Gasteiger partial charge in [-0.15, -0.1) is 0 Å². The molecule has 0 aliphatic heterocycles. The van der Waals surface area contributed by atoms with Gasteiger partial charge in [0.05, 0.1) is 17.6 Å². The number of rotatable bonds is 2. The van der Waals surface area contributed by atoms with E-state index in [0.717, 1.165) is 4.47 Å². The summed E-state index contributed by atoms with van der Waals surface area (Å²) in [5.74, 6) is -0.281. The molecule has 2 aromatic rings. The minimum atomic E-state index is -0.281. The van der Waals surface area contributed by atoms with Crippen molar-refractivity contribution in [1.82, 2.24) is 4.98 Å². The van der Waals surface area contributed by atoms with Gasteiger partial charge in [-0.05, 0) is 24.3 Å². The highest BCUT2D eigenvalue weighted by atomic mass is 79.9. The summed E-state index contributed by atoms with van der Waals surface area (Å²) in [6.45, 7) is 0. The zero-order valence-electron chi connectivity index (χ0n) is 9.15. The maximum absolute atomic E-state index is 12.0. The number of hydrogen-bond acceptors (Lipinski definition) is 3. The Balaban J connectivity index is 2.25. The van der Waals surface area contributed by atoms with Crippen molar-refractivity contribution < 1.29 is 4.79 Å². The molecule has 0 unspecified atom stereocenters. The van der Waals surface area contributed by atoms with Crippen molar-refractivity contribution in [3.05, 3.63) is 51.7 Å². The molecular formula is C12H9BrClN3O. The van der Waals surface area contributed by atoms with Crippen LogP contribution in [0.4, 0.5) is 11.4 Å². The lowest BCUT2D eigenvalue weighted by atomic mass is 10.2. The number of carbonyl (C=O) groups excluding carboxylic acids is 1. The lowest BCUT2D eigenvalue weighted by molar-refractivity contribution is 0.102. The highest BCUT2D eigenvalue weighted by Crippen LogP contribution is 2.21. The van der Waals surface area contributed by atoms with Gasteiger partial charge in [-0.2, -0.15) is 0 Å². The van der Waals surface area contributed by atoms with Crippen LogP contribution >= 0.6 is 27.5 Å². The van der Waals surface area contributed by atoms with Crippen molar-refractivity contribution in [2.24, 2.45) is 0 Å². The maximum atomic E-state index is 12.0. The smallest absolute Gasteiger partial charge is 0.255 e. The second-order valence-electron chi connectivity index (χ2n) is 3.58. The van der Waals surface area contributed by atoms with Crippen LogP contribution in [0.1, 0.15) is 10.4 Å². The van der Waals surface area contributed by atoms with E-state index in [2.05, 4.69) is 26.2 Å². The van der Waals surface area contributed by atoms with Crippen LogP contribution in [-0.2, 0) is 0 Å². The van der Waals surface area contributed by atoms with Gasteiger partial charge in [0, 0.05) is 21.3 Å². The second-order valence-corrected chi connectivity index (χ2v) is 4.93. The highest BCUT2D eigenvalue weighted by Gasteiger charge is 2.09. The molecule has 4 nitrogen and oxygen atoms in total. The van der Waals surface area contributed by atoms with Crippen molar-refractivity contribution in [2.45, 2.75) is 0 Å². The third-order valence-corrected chi connectivity index (χ3v) is 2.90. The van der Waals surface area contributed by atoms with E-state index in [-0.39, 0.29) is 5.91 Å². The van der Waals surface area contributed by atoms with E-state index < -0.39 is 0 Å². The molecule has 0 radical (unpaired) electrons. The van der Waals surface area contributed by atoms with Crippen molar-refractivity contribution in [3.63, 3.8) is 0 Å². The number of nitrogen functional groups attached to an aromatic ring is 1. The Labute approximate surface area is 117 Å². The van der Waals surface area contributed by atoms with Crippen LogP contribution in [0.25, 0.3) is 0 Å². The van der Waals surface area contributed by atoms with Crippen LogP contribution in [0, 0.1) is 0 Å². The van der Waals surface area contributed by atoms with Gasteiger partial charge in [0.2, 0.25) is 0 Å². The number of halogens is 2. The van der Waals surface area contributed by atoms with Gasteiger partial charge in [-0.3, -0.25) is 9.78 Å². The zero-order chi connectivity index (χ0) is 13.1. The Morgan fingerprint density at radius 3 is 2.83 bits per heavy atom. The summed E-state index contributed by atoms with van der Waals surface area (Å²) in [4.78, 5) is 15.9. The summed E-state index contributed by atoms with van der Waals surface area (Å²) in [5, 5.41) is 3.18. The average molecular weight is 327 g/mol. The number of hydrogen-bond donors (Lipinski definition) is 2. The molecule has 18 heavy (non-hydrogen) atoms. The normalized spacial score (nSPS) is 10.1. The van der Waals surface area contributed by atoms with Crippen LogP contribution in [0.15, 0.2) is 41.1 Å². The highest BCUT2D eigenvalue weighted by molar-refractivity contribution is 9.10. The monoisotopic (exact) mass is 325 g/mol. The van der Waals surface area contributed by atoms with Gasteiger partial charge < -0.3 is 11.1 Å². The van der Waals surface area contributed by atoms with E-state index in [0.29, 0.717) is 22.0 Å². The first kappa shape index (κ1) is 12.9. The molecule has 0 saturated heterocycles. The molecule has 1 heterocycles. The molecule has 0 aliphatic rings. The molecule has 0 saturated carbocycles. The molecule has 6 heteroatoms. The first-order valence-electron chi connectivity index (χ1n) is 5.03. The molecule has 0 aliphatic carbocycles. The first-order valence-corrected chi connectivity index (χ1v) is 6.20. The van der Waals surface area contributed by atoms with Crippen LogP contribution in [0.3, 0.4) is 0 Å². The Kier molecular flexibility index (Phi) is 3.84. The molecule has 92 valence electrons. The van der Waals surface area contributed by atoms with Crippen LogP contribution in [0.5, 0.6) is 0 Å². The zero-order valence-corrected chi connectivity index (χ0v) is 11.5. The van der Waals surface area contributed by atoms with Crippen molar-refractivity contribution in [2.75, 3.05) is 11.1 Å². The number of benzene rings is 1. The molecule has 1 aromatic carbocycles. The van der Waals surface area contributed by atoms with Gasteiger partial charge in [0.25, 0.3) is 5.91 Å². The quantitative estimate of drug-likeness (QED) is 0.889. The summed E-state index contributed by atoms with van der Waals surface area (Å²) in [5.41, 5.74) is 7.07. The Morgan fingerprint density at radius 2 is 2.17 bits per heavy atom. The molecule has 1 aromatic heterocycles. The number of nitrogens with zero attached hydrogens (tertiary/aromatic N) is 1. The molecular weight excluding hydrogens is 318 g/mol. The Morgan fingerprint density at radius 1 is 1.39 bits per heavy atom. The van der Waals surface area contributed by atoms with E-state index >= 15 is 0 Å². The Bertz CT molecular complexity index is 583. The summed E-state index contributed by atoms with van der Waals surface area (Å²) in [6, 6.07) is 6.60. The van der Waals surface area contributed by atoms with Gasteiger partial charge in [0.15, 0.2) is 0 Å². The minimum Gasteiger partial charge on any atom is -0.396 e. The van der Waals surface area contributed by atoms with E-state index in [1.807, 2.05) is 0 Å². The molecule has 0 fully saturated rings.